The number of nitrogens with two attached hydrogens (primary N) is 2. The van der Waals surface area contributed by atoms with E-state index in [2.05, 4.69) is 40.2 Å². The number of alkyl carbamates (subject to hydrolysis) is 4. The second-order valence-corrected chi connectivity index (χ2v) is 27.5. The van der Waals surface area contributed by atoms with Gasteiger partial charge in [-0.25, -0.2) is 19.2 Å². The summed E-state index contributed by atoms with van der Waals surface area (Å²) < 4.78 is 20.9. The molecule has 0 aromatic carbocycles. The predicted octanol–water partition coefficient (Wildman–Crippen LogP) is 11.8. The Morgan fingerprint density at radius 2 is 0.683 bits per heavy atom. The van der Waals surface area contributed by atoms with Crippen molar-refractivity contribution in [3.8, 4) is 0 Å². The fraction of sp³-hybridized carbons (Fsp3) is 0.885. The maximum Gasteiger partial charge on any atom is 0.407 e. The molecule has 0 radical (unpaired) electrons. The van der Waals surface area contributed by atoms with Gasteiger partial charge in [-0.3, -0.25) is 9.59 Å². The minimum Gasteiger partial charge on any atom is -0.444 e. The molecule has 5 aliphatic carbocycles. The summed E-state index contributed by atoms with van der Waals surface area (Å²) in [6, 6.07) is 2.32. The molecular weight excluding hydrogens is 1060 g/mol. The quantitative estimate of drug-likeness (QED) is 0.0713. The van der Waals surface area contributed by atoms with Crippen molar-refractivity contribution in [2.24, 2.45) is 23.3 Å². The van der Waals surface area contributed by atoms with Crippen molar-refractivity contribution in [3.05, 3.63) is 0 Å². The monoisotopic (exact) mass is 1180 g/mol. The maximum atomic E-state index is 11.7. The Morgan fingerprint density at radius 1 is 0.463 bits per heavy atom. The summed E-state index contributed by atoms with van der Waals surface area (Å²) in [5.74, 6) is 1.62. The predicted molar refractivity (Wildman–Crippen MR) is 333 cm³/mol. The molecule has 0 atom stereocenters. The molecule has 0 spiro atoms. The molecule has 5 fully saturated rings. The van der Waals surface area contributed by atoms with Gasteiger partial charge in [-0.05, 0) is 223 Å². The van der Waals surface area contributed by atoms with E-state index in [1.165, 1.54) is 19.3 Å². The minimum absolute atomic E-state index is 0.101. The second kappa shape index (κ2) is 39.5. The fourth-order valence-corrected chi connectivity index (χ4v) is 10.2. The van der Waals surface area contributed by atoms with E-state index >= 15 is 0 Å². The molecule has 0 unspecified atom stereocenters. The first kappa shape index (κ1) is 77.9. The Labute approximate surface area is 502 Å². The topological polar surface area (TPSA) is 263 Å². The van der Waals surface area contributed by atoms with Crippen LogP contribution in [-0.2, 0) is 33.3 Å². The van der Waals surface area contributed by atoms with Crippen LogP contribution in [0.3, 0.4) is 0 Å². The van der Waals surface area contributed by atoms with Gasteiger partial charge in [-0.15, -0.1) is 0 Å². The molecule has 0 saturated heterocycles. The molecule has 476 valence electrons. The molecular formula is C61H117BN8O11S. The molecule has 0 heterocycles. The number of carbonyl (C=O) groups is 7. The zero-order chi connectivity index (χ0) is 63.0. The van der Waals surface area contributed by atoms with Gasteiger partial charge in [-0.1, -0.05) is 13.3 Å². The molecule has 8 N–H and O–H groups in total. The average Bonchev–Trinajstić information content (AvgIpc) is 3.34. The van der Waals surface area contributed by atoms with Gasteiger partial charge in [0.2, 0.25) is 11.8 Å². The summed E-state index contributed by atoms with van der Waals surface area (Å²) in [4.78, 5) is 82.5. The molecule has 0 aromatic heterocycles. The first-order valence-corrected chi connectivity index (χ1v) is 31.2. The number of nitrogens with one attached hydrogen (secondary N) is 4. The summed E-state index contributed by atoms with van der Waals surface area (Å²) in [7, 11) is 3.72. The largest absolute Gasteiger partial charge is 0.444 e. The van der Waals surface area contributed by atoms with E-state index < -0.39 is 22.4 Å². The van der Waals surface area contributed by atoms with Crippen LogP contribution in [0.15, 0.2) is 0 Å². The van der Waals surface area contributed by atoms with Gasteiger partial charge in [0, 0.05) is 82.7 Å². The molecule has 5 rings (SSSR count). The van der Waals surface area contributed by atoms with Crippen molar-refractivity contribution >= 4 is 60.7 Å². The normalized spacial score (nSPS) is 25.3. The molecule has 82 heavy (non-hydrogen) atoms. The number of carbonyl (C=O) groups excluding carboxylic acids is 7. The van der Waals surface area contributed by atoms with E-state index in [9.17, 15) is 33.6 Å². The van der Waals surface area contributed by atoms with Crippen LogP contribution < -0.4 is 32.7 Å². The van der Waals surface area contributed by atoms with Crippen LogP contribution >= 0.6 is 12.1 Å². The van der Waals surface area contributed by atoms with Crippen LogP contribution in [0.5, 0.6) is 0 Å². The molecule has 19 nitrogen and oxygen atoms in total. The van der Waals surface area contributed by atoms with Crippen molar-refractivity contribution in [1.29, 1.82) is 0 Å². The summed E-state index contributed by atoms with van der Waals surface area (Å²) in [6.45, 7) is 29.6. The van der Waals surface area contributed by atoms with Crippen molar-refractivity contribution in [3.63, 3.8) is 0 Å². The van der Waals surface area contributed by atoms with E-state index in [-0.39, 0.29) is 54.3 Å². The molecule has 5 saturated carbocycles. The molecule has 6 amide bonds. The summed E-state index contributed by atoms with van der Waals surface area (Å²) in [6.07, 6.45) is 23.6. The maximum absolute atomic E-state index is 11.7. The number of hydrogen-bond acceptors (Lipinski definition) is 14. The smallest absolute Gasteiger partial charge is 0.407 e. The average molecular weight is 1180 g/mol. The van der Waals surface area contributed by atoms with Gasteiger partial charge in [0.1, 0.15) is 28.7 Å². The van der Waals surface area contributed by atoms with Gasteiger partial charge < -0.3 is 66.3 Å². The SMILES string of the molecule is CB=S.CC(=O)N(C)C1CCC(N)CC1.CC(=O)N(C)C1CCC(NC(=O)OC(C)(C)C)CC1.CC(C)(C)OC(=O)NC1CCC(CC=O)CC1.CC(C)(C)OC(=O)NC1CCC(N)CC1.CCC1CCC(NC(=O)OC(C)(C)C)CC1. The van der Waals surface area contributed by atoms with Crippen molar-refractivity contribution < 1.29 is 52.5 Å². The van der Waals surface area contributed by atoms with E-state index in [0.29, 0.717) is 42.5 Å². The summed E-state index contributed by atoms with van der Waals surface area (Å²) in [5.41, 5.74) is 9.83. The summed E-state index contributed by atoms with van der Waals surface area (Å²) >= 11 is 4.27. The first-order chi connectivity index (χ1) is 37.9. The zero-order valence-electron chi connectivity index (χ0n) is 54.4. The fourth-order valence-electron chi connectivity index (χ4n) is 10.2. The van der Waals surface area contributed by atoms with E-state index in [4.69, 9.17) is 30.4 Å². The molecule has 0 bridgehead atoms. The Morgan fingerprint density at radius 3 is 0.915 bits per heavy atom. The number of amides is 6. The number of ether oxygens (including phenoxy) is 4. The van der Waals surface area contributed by atoms with Crippen LogP contribution in [0.25, 0.3) is 0 Å². The van der Waals surface area contributed by atoms with E-state index in [1.54, 1.807) is 24.9 Å². The number of nitrogens with zero attached hydrogens (tertiary/aromatic N) is 2. The Balaban J connectivity index is 0.000000993. The second-order valence-electron chi connectivity index (χ2n) is 27.0. The minimum atomic E-state index is -0.462. The third kappa shape index (κ3) is 40.2. The standard InChI is InChI=1S/C14H26N2O3.C13H23NO3.C13H25NO2.C11H22N2O2.C9H18N2O.CH3BS/c1-10(17)16(5)12-8-6-11(7-9-12)15-13(18)19-14(2,3)4;1-13(2,3)17-12(16)14-11-6-4-10(5-7-11)8-9-15;1-5-10-6-8-11(9-7-10)14-12(15)16-13(2,3)4;1-11(2,3)15-10(14)13-9-6-4-8(12)5-7-9;1-7(12)11(2)9-5-3-8(10)4-6-9;1-2-3/h11-12H,6-9H2,1-5H3,(H,15,18);9-11H,4-8H2,1-3H3,(H,14,16);10-11H,5-9H2,1-4H3,(H,14,15);8-9H,4-7,12H2,1-3H3,(H,13,14);8-9H,3-6,10H2,1-2H3;1H3. The van der Waals surface area contributed by atoms with Gasteiger partial charge in [0.25, 0.3) is 0 Å². The van der Waals surface area contributed by atoms with Crippen LogP contribution in [0.2, 0.25) is 6.82 Å². The Bertz CT molecular complexity index is 1850. The van der Waals surface area contributed by atoms with Crippen LogP contribution in [0.1, 0.15) is 245 Å². The molecule has 5 aliphatic rings. The molecule has 0 aliphatic heterocycles. The molecule has 0 aromatic rings. The zero-order valence-corrected chi connectivity index (χ0v) is 55.2. The van der Waals surface area contributed by atoms with Gasteiger partial charge >= 0.3 is 49.4 Å². The summed E-state index contributed by atoms with van der Waals surface area (Å²) in [5, 5.41) is 11.6. The number of rotatable bonds is 9. The third-order valence-electron chi connectivity index (χ3n) is 14.9. The van der Waals surface area contributed by atoms with Crippen LogP contribution in [-0.4, -0.2) is 143 Å². The van der Waals surface area contributed by atoms with Gasteiger partial charge in [-0.2, -0.15) is 0 Å². The van der Waals surface area contributed by atoms with Crippen molar-refractivity contribution in [2.75, 3.05) is 14.1 Å². The van der Waals surface area contributed by atoms with Crippen molar-refractivity contribution in [1.82, 2.24) is 31.1 Å². The van der Waals surface area contributed by atoms with Gasteiger partial charge in [0.05, 0.1) is 0 Å². The third-order valence-corrected chi connectivity index (χ3v) is 14.9. The van der Waals surface area contributed by atoms with Crippen LogP contribution in [0, 0.1) is 11.8 Å². The number of aldehydes is 1. The van der Waals surface area contributed by atoms with Gasteiger partial charge in [0.15, 0.2) is 0 Å². The van der Waals surface area contributed by atoms with E-state index in [0.717, 1.165) is 128 Å². The Kier molecular flexibility index (Phi) is 37.5. The first-order valence-electron chi connectivity index (χ1n) is 30.7. The molecule has 21 heteroatoms. The van der Waals surface area contributed by atoms with Crippen LogP contribution in [0.4, 0.5) is 19.2 Å². The van der Waals surface area contributed by atoms with E-state index in [1.807, 2.05) is 109 Å². The Hall–Kier alpha value is -4.11. The van der Waals surface area contributed by atoms with Crippen molar-refractivity contribution in [2.45, 2.75) is 323 Å². The number of hydrogen-bond donors (Lipinski definition) is 6.